The quantitative estimate of drug-likeness (QED) is 0.373. The van der Waals surface area contributed by atoms with E-state index in [1.807, 2.05) is 48.6 Å². The molecule has 2 aromatic carbocycles. The van der Waals surface area contributed by atoms with E-state index in [0.29, 0.717) is 16.9 Å². The van der Waals surface area contributed by atoms with Crippen LogP contribution in [-0.4, -0.2) is 27.8 Å². The topological polar surface area (TPSA) is 97.8 Å². The second-order valence-corrected chi connectivity index (χ2v) is 7.39. The maximum atomic E-state index is 12.1. The highest BCUT2D eigenvalue weighted by Gasteiger charge is 2.38. The summed E-state index contributed by atoms with van der Waals surface area (Å²) in [5.74, 6) is -2.66. The first-order valence-electron chi connectivity index (χ1n) is 9.62. The van der Waals surface area contributed by atoms with Crippen molar-refractivity contribution in [2.75, 3.05) is 5.32 Å². The molecule has 2 heterocycles. The van der Waals surface area contributed by atoms with E-state index in [-0.39, 0.29) is 11.3 Å². The fraction of sp³-hybridized carbons (Fsp3) is 0.125. The van der Waals surface area contributed by atoms with Crippen molar-refractivity contribution in [1.82, 2.24) is 4.98 Å². The lowest BCUT2D eigenvalue weighted by atomic mass is 10.1. The van der Waals surface area contributed by atoms with Crippen LogP contribution in [0, 0.1) is 0 Å². The number of cyclic esters (lactones) is 2. The number of phenolic OH excluding ortho intramolecular Hbond substituents is 1. The summed E-state index contributed by atoms with van der Waals surface area (Å²) in [7, 11) is 0. The maximum absolute atomic E-state index is 12.1. The second kappa shape index (κ2) is 7.95. The molecular formula is C24H20N2O5. The Bertz CT molecular complexity index is 1220. The number of esters is 2. The Balaban J connectivity index is 1.57. The van der Waals surface area contributed by atoms with Gasteiger partial charge >= 0.3 is 11.9 Å². The Hall–Kier alpha value is -4.13. The number of fused-ring (bicyclic) bond motifs is 1. The number of phenols is 1. The number of nitrogens with zero attached hydrogens (tertiary/aromatic N) is 1. The van der Waals surface area contributed by atoms with E-state index in [1.54, 1.807) is 18.2 Å². The number of anilines is 1. The molecular weight excluding hydrogens is 396 g/mol. The van der Waals surface area contributed by atoms with Crippen molar-refractivity contribution in [2.24, 2.45) is 0 Å². The zero-order valence-electron chi connectivity index (χ0n) is 17.0. The molecule has 1 aromatic heterocycles. The van der Waals surface area contributed by atoms with E-state index in [4.69, 9.17) is 9.47 Å². The number of hydrogen-bond acceptors (Lipinski definition) is 7. The standard InChI is InChI=1S/C24H20N2O5/c1-24(2)30-22(28)18(23(29)31-24)14-25-19-8-4-3-6-15(19)10-12-17-13-11-16-7-5-9-20(27)21(16)26-17/h3-14,25,27H,1-2H3. The molecule has 0 radical (unpaired) electrons. The molecule has 156 valence electrons. The van der Waals surface area contributed by atoms with Crippen molar-refractivity contribution >= 4 is 40.7 Å². The normalized spacial score (nSPS) is 15.6. The van der Waals surface area contributed by atoms with E-state index in [1.165, 1.54) is 20.0 Å². The van der Waals surface area contributed by atoms with Crippen molar-refractivity contribution in [3.63, 3.8) is 0 Å². The Morgan fingerprint density at radius 2 is 1.68 bits per heavy atom. The summed E-state index contributed by atoms with van der Waals surface area (Å²) in [6.45, 7) is 2.99. The number of carbonyl (C=O) groups excluding carboxylic acids is 2. The summed E-state index contributed by atoms with van der Waals surface area (Å²) in [4.78, 5) is 28.7. The lowest BCUT2D eigenvalue weighted by molar-refractivity contribution is -0.222. The number of carbonyl (C=O) groups is 2. The van der Waals surface area contributed by atoms with E-state index in [2.05, 4.69) is 10.3 Å². The summed E-state index contributed by atoms with van der Waals surface area (Å²) in [5, 5.41) is 13.8. The molecule has 7 heteroatoms. The van der Waals surface area contributed by atoms with Gasteiger partial charge in [0.15, 0.2) is 5.57 Å². The average molecular weight is 416 g/mol. The average Bonchev–Trinajstić information content (AvgIpc) is 2.72. The molecule has 31 heavy (non-hydrogen) atoms. The molecule has 1 aliphatic heterocycles. The summed E-state index contributed by atoms with van der Waals surface area (Å²) in [5.41, 5.74) is 2.45. The van der Waals surface area contributed by atoms with Crippen LogP contribution in [0.1, 0.15) is 25.1 Å². The predicted octanol–water partition coefficient (Wildman–Crippen LogP) is 4.24. The summed E-state index contributed by atoms with van der Waals surface area (Å²) in [6, 6.07) is 16.3. The highest BCUT2D eigenvalue weighted by molar-refractivity contribution is 6.15. The number of nitrogens with one attached hydrogen (secondary N) is 1. The Labute approximate surface area is 178 Å². The Kier molecular flexibility index (Phi) is 5.17. The SMILES string of the molecule is CC1(C)OC(=O)C(=CNc2ccccc2C=Cc2ccc3cccc(O)c3n2)C(=O)O1. The predicted molar refractivity (Wildman–Crippen MR) is 117 cm³/mol. The van der Waals surface area contributed by atoms with Crippen molar-refractivity contribution in [3.05, 3.63) is 77.6 Å². The molecule has 0 saturated carbocycles. The van der Waals surface area contributed by atoms with Gasteiger partial charge in [0.1, 0.15) is 11.3 Å². The molecule has 0 aliphatic carbocycles. The van der Waals surface area contributed by atoms with Crippen molar-refractivity contribution in [2.45, 2.75) is 19.6 Å². The zero-order valence-corrected chi connectivity index (χ0v) is 17.0. The van der Waals surface area contributed by atoms with E-state index in [0.717, 1.165) is 10.9 Å². The number of benzene rings is 2. The van der Waals surface area contributed by atoms with Gasteiger partial charge in [0, 0.05) is 31.1 Å². The van der Waals surface area contributed by atoms with Gasteiger partial charge in [0.2, 0.25) is 0 Å². The van der Waals surface area contributed by atoms with Crippen LogP contribution in [0.15, 0.2) is 66.4 Å². The lowest BCUT2D eigenvalue weighted by Gasteiger charge is -2.29. The van der Waals surface area contributed by atoms with Crippen LogP contribution in [-0.2, 0) is 19.1 Å². The minimum atomic E-state index is -1.28. The number of rotatable bonds is 4. The van der Waals surface area contributed by atoms with Gasteiger partial charge in [-0.15, -0.1) is 0 Å². The number of ether oxygens (including phenoxy) is 2. The first-order chi connectivity index (χ1) is 14.8. The number of aromatic nitrogens is 1. The van der Waals surface area contributed by atoms with E-state index in [9.17, 15) is 14.7 Å². The van der Waals surface area contributed by atoms with E-state index < -0.39 is 17.7 Å². The number of hydrogen-bond donors (Lipinski definition) is 2. The van der Waals surface area contributed by atoms with Crippen LogP contribution in [0.3, 0.4) is 0 Å². The zero-order chi connectivity index (χ0) is 22.0. The minimum Gasteiger partial charge on any atom is -0.506 e. The third kappa shape index (κ3) is 4.40. The third-order valence-electron chi connectivity index (χ3n) is 4.60. The molecule has 1 aliphatic rings. The molecule has 0 spiro atoms. The molecule has 0 atom stereocenters. The lowest BCUT2D eigenvalue weighted by Crippen LogP contribution is -2.42. The van der Waals surface area contributed by atoms with E-state index >= 15 is 0 Å². The number of aromatic hydroxyl groups is 1. The van der Waals surface area contributed by atoms with Crippen molar-refractivity contribution in [3.8, 4) is 5.75 Å². The van der Waals surface area contributed by atoms with Gasteiger partial charge < -0.3 is 19.9 Å². The first kappa shape index (κ1) is 20.2. The van der Waals surface area contributed by atoms with Crippen LogP contribution in [0.25, 0.3) is 23.1 Å². The van der Waals surface area contributed by atoms with Gasteiger partial charge in [-0.25, -0.2) is 14.6 Å². The van der Waals surface area contributed by atoms with Gasteiger partial charge in [-0.1, -0.05) is 42.5 Å². The summed E-state index contributed by atoms with van der Waals surface area (Å²) >= 11 is 0. The molecule has 3 aromatic rings. The molecule has 2 N–H and O–H groups in total. The van der Waals surface area contributed by atoms with Crippen molar-refractivity contribution < 1.29 is 24.2 Å². The summed E-state index contributed by atoms with van der Waals surface area (Å²) in [6.07, 6.45) is 4.93. The highest BCUT2D eigenvalue weighted by Crippen LogP contribution is 2.25. The highest BCUT2D eigenvalue weighted by atomic mass is 16.7. The smallest absolute Gasteiger partial charge is 0.350 e. The molecule has 0 unspecified atom stereocenters. The number of para-hydroxylation sites is 2. The van der Waals surface area contributed by atoms with Crippen LogP contribution in [0.4, 0.5) is 5.69 Å². The van der Waals surface area contributed by atoms with Gasteiger partial charge in [0.05, 0.1) is 5.69 Å². The number of pyridine rings is 1. The summed E-state index contributed by atoms with van der Waals surface area (Å²) < 4.78 is 10.2. The Morgan fingerprint density at radius 1 is 0.935 bits per heavy atom. The molecule has 0 amide bonds. The first-order valence-corrected chi connectivity index (χ1v) is 9.62. The third-order valence-corrected chi connectivity index (χ3v) is 4.60. The van der Waals surface area contributed by atoms with Crippen LogP contribution < -0.4 is 5.32 Å². The monoisotopic (exact) mass is 416 g/mol. The Morgan fingerprint density at radius 3 is 2.45 bits per heavy atom. The molecule has 1 fully saturated rings. The molecule has 0 bridgehead atoms. The fourth-order valence-electron chi connectivity index (χ4n) is 3.12. The van der Waals surface area contributed by atoms with Gasteiger partial charge in [0.25, 0.3) is 5.79 Å². The largest absolute Gasteiger partial charge is 0.506 e. The van der Waals surface area contributed by atoms with Crippen LogP contribution in [0.5, 0.6) is 5.75 Å². The van der Waals surface area contributed by atoms with Gasteiger partial charge in [-0.3, -0.25) is 0 Å². The van der Waals surface area contributed by atoms with Crippen LogP contribution in [0.2, 0.25) is 0 Å². The second-order valence-electron chi connectivity index (χ2n) is 7.39. The minimum absolute atomic E-state index is 0.121. The maximum Gasteiger partial charge on any atom is 0.350 e. The van der Waals surface area contributed by atoms with Gasteiger partial charge in [-0.2, -0.15) is 0 Å². The van der Waals surface area contributed by atoms with Gasteiger partial charge in [-0.05, 0) is 29.8 Å². The fourth-order valence-corrected chi connectivity index (χ4v) is 3.12. The van der Waals surface area contributed by atoms with Crippen molar-refractivity contribution in [1.29, 1.82) is 0 Å². The molecule has 4 rings (SSSR count). The molecule has 7 nitrogen and oxygen atoms in total. The molecule has 1 saturated heterocycles. The van der Waals surface area contributed by atoms with Crippen LogP contribution >= 0.6 is 0 Å².